The second-order valence-corrected chi connectivity index (χ2v) is 19.7. The minimum absolute atomic E-state index is 0.0121. The Morgan fingerprint density at radius 3 is 2.72 bits per heavy atom. The zero-order valence-corrected chi connectivity index (χ0v) is 39.6. The summed E-state index contributed by atoms with van der Waals surface area (Å²) >= 11 is 7.64. The number of β-amino-alcohol motifs (C(OH)–C–C–N with tert-alkyl or cyclic N) is 1. The largest absolute Gasteiger partial charge is 0.476 e. The van der Waals surface area contributed by atoms with Gasteiger partial charge in [-0.1, -0.05) is 36.7 Å². The molecule has 67 heavy (non-hydrogen) atoms. The van der Waals surface area contributed by atoms with Gasteiger partial charge in [-0.05, 0) is 100 Å². The number of aryl methyl sites for hydroxylation is 1. The molecule has 2 aliphatic heterocycles. The Kier molecular flexibility index (Phi) is 14.4. The summed E-state index contributed by atoms with van der Waals surface area (Å²) in [6.45, 7) is 12.0. The second-order valence-electron chi connectivity index (χ2n) is 18.2. The minimum atomic E-state index is -0.878. The number of amides is 2. The van der Waals surface area contributed by atoms with Crippen molar-refractivity contribution in [3.05, 3.63) is 80.3 Å². The van der Waals surface area contributed by atoms with Crippen LogP contribution in [0.15, 0.2) is 45.6 Å². The van der Waals surface area contributed by atoms with E-state index in [1.807, 2.05) is 26.8 Å². The summed E-state index contributed by atoms with van der Waals surface area (Å²) in [5.41, 5.74) is 8.62. The number of rotatable bonds is 15. The molecule has 18 nitrogen and oxygen atoms in total. The summed E-state index contributed by atoms with van der Waals surface area (Å²) in [5, 5.41) is 41.7. The van der Waals surface area contributed by atoms with E-state index in [4.69, 9.17) is 46.3 Å². The van der Waals surface area contributed by atoms with Crippen LogP contribution in [-0.4, -0.2) is 110 Å². The Labute approximate surface area is 398 Å². The number of nitrogens with zero attached hydrogens (tertiary/aromatic N) is 10. The first kappa shape index (κ1) is 47.4. The third kappa shape index (κ3) is 10.1. The fourth-order valence-electron chi connectivity index (χ4n) is 9.61. The first-order chi connectivity index (χ1) is 32.3. The van der Waals surface area contributed by atoms with Crippen molar-refractivity contribution in [3.63, 3.8) is 0 Å². The number of aromatic nitrogens is 5. The van der Waals surface area contributed by atoms with Crippen LogP contribution < -0.4 is 20.7 Å². The molecule has 1 aliphatic carbocycles. The van der Waals surface area contributed by atoms with Crippen molar-refractivity contribution in [1.82, 2.24) is 40.4 Å². The Morgan fingerprint density at radius 2 is 1.94 bits per heavy atom. The molecular formula is C47H55ClN12O6S. The highest BCUT2D eigenvalue weighted by atomic mass is 35.5. The molecule has 0 bridgehead atoms. The van der Waals surface area contributed by atoms with Gasteiger partial charge in [0.15, 0.2) is 5.76 Å². The number of likely N-dealkylation sites (tertiary alicyclic amines) is 1. The number of nitrogens with two attached hydrogens (primary N) is 1. The Morgan fingerprint density at radius 1 is 1.10 bits per heavy atom. The van der Waals surface area contributed by atoms with E-state index >= 15 is 0 Å². The van der Waals surface area contributed by atoms with Gasteiger partial charge in [-0.3, -0.25) is 9.59 Å². The highest BCUT2D eigenvalue weighted by Crippen LogP contribution is 2.48. The van der Waals surface area contributed by atoms with Crippen molar-refractivity contribution in [3.8, 4) is 29.5 Å². The number of halogens is 1. The van der Waals surface area contributed by atoms with E-state index in [0.29, 0.717) is 57.4 Å². The quantitative estimate of drug-likeness (QED) is 0.102. The normalized spacial score (nSPS) is 21.4. The average molecular weight is 952 g/mol. The van der Waals surface area contributed by atoms with E-state index < -0.39 is 29.4 Å². The van der Waals surface area contributed by atoms with Crippen LogP contribution in [0.5, 0.6) is 5.88 Å². The number of hydrogen-bond donors (Lipinski definition) is 3. The van der Waals surface area contributed by atoms with E-state index in [-0.39, 0.29) is 48.3 Å². The first-order valence-corrected chi connectivity index (χ1v) is 24.0. The molecule has 0 radical (unpaired) electrons. The molecule has 5 aromatic rings. The molecule has 2 amide bonds. The molecule has 2 fully saturated rings. The Hall–Kier alpha value is -6.12. The summed E-state index contributed by atoms with van der Waals surface area (Å²) in [6, 6.07) is 11.9. The molecule has 2 saturated heterocycles. The molecule has 20 heteroatoms. The maximum absolute atomic E-state index is 14.1. The predicted molar refractivity (Wildman–Crippen MR) is 249 cm³/mol. The summed E-state index contributed by atoms with van der Waals surface area (Å²) < 4.78 is 17.5. The van der Waals surface area contributed by atoms with Gasteiger partial charge in [-0.2, -0.15) is 15.5 Å². The van der Waals surface area contributed by atoms with Crippen LogP contribution in [0.4, 0.5) is 10.9 Å². The minimum Gasteiger partial charge on any atom is -0.476 e. The van der Waals surface area contributed by atoms with Crippen molar-refractivity contribution in [2.24, 2.45) is 5.92 Å². The van der Waals surface area contributed by atoms with Gasteiger partial charge in [0.05, 0.1) is 34.3 Å². The standard InChI is InChI=1S/C47H55ClN12O6S/c1-27(2)39(44(63)60-26-31(61)20-35(60)43(62)53-24-29-10-11-30(22-49)33(48)19-29)36-21-38(56-65-36)64-18-6-5-15-58-16-8-17-59(28(3)25-58)46-52-14-12-34(54-46)42-55-45(66-57-42)47(4)13-7-9-37-40(47)32(23-50)41(51)67-37/h10-12,14,19,21,27-28,31,35,39,61H,5-9,13,15-18,20,24-26,51H2,1-4H3,(H,53,62)/t28-,31+,35-,39?,47-/m0/s1. The monoisotopic (exact) mass is 950 g/mol. The molecule has 1 unspecified atom stereocenters. The maximum atomic E-state index is 14.1. The van der Waals surface area contributed by atoms with E-state index in [2.05, 4.69) is 43.4 Å². The molecular weight excluding hydrogens is 896 g/mol. The molecule has 4 aromatic heterocycles. The van der Waals surface area contributed by atoms with E-state index in [0.717, 1.165) is 75.1 Å². The van der Waals surface area contributed by atoms with Gasteiger partial charge in [0.1, 0.15) is 34.8 Å². The van der Waals surface area contributed by atoms with Crippen LogP contribution in [0.2, 0.25) is 5.02 Å². The summed E-state index contributed by atoms with van der Waals surface area (Å²) in [7, 11) is 0. The van der Waals surface area contributed by atoms with Gasteiger partial charge in [0, 0.05) is 61.3 Å². The van der Waals surface area contributed by atoms with Crippen LogP contribution in [0.3, 0.4) is 0 Å². The number of anilines is 2. The molecule has 0 spiro atoms. The summed E-state index contributed by atoms with van der Waals surface area (Å²) in [6.07, 6.45) is 6.13. The highest BCUT2D eigenvalue weighted by Gasteiger charge is 2.44. The van der Waals surface area contributed by atoms with Gasteiger partial charge in [0.25, 0.3) is 5.88 Å². The van der Waals surface area contributed by atoms with Crippen molar-refractivity contribution in [1.29, 1.82) is 10.5 Å². The lowest BCUT2D eigenvalue weighted by molar-refractivity contribution is -0.141. The van der Waals surface area contributed by atoms with E-state index in [1.54, 1.807) is 36.5 Å². The number of aliphatic hydroxyl groups is 1. The van der Waals surface area contributed by atoms with Crippen LogP contribution in [0, 0.1) is 28.6 Å². The number of aliphatic hydroxyl groups excluding tert-OH is 1. The number of unbranched alkanes of at least 4 members (excludes halogenated alkanes) is 1. The molecule has 352 valence electrons. The van der Waals surface area contributed by atoms with Gasteiger partial charge in [-0.25, -0.2) is 9.97 Å². The van der Waals surface area contributed by atoms with Crippen molar-refractivity contribution in [2.45, 2.75) is 109 Å². The molecule has 3 aliphatic rings. The average Bonchev–Trinajstić information content (AvgIpc) is 4.12. The summed E-state index contributed by atoms with van der Waals surface area (Å²) in [5.74, 6) is 0.335. The van der Waals surface area contributed by atoms with Crippen LogP contribution in [0.25, 0.3) is 11.5 Å². The fraction of sp³-hybridized carbons (Fsp3) is 0.511. The molecule has 5 atom stereocenters. The van der Waals surface area contributed by atoms with Crippen LogP contribution in [0.1, 0.15) is 111 Å². The Balaban J connectivity index is 0.814. The van der Waals surface area contributed by atoms with E-state index in [9.17, 15) is 20.0 Å². The number of nitriles is 2. The smallest absolute Gasteiger partial charge is 0.254 e. The topological polar surface area (TPSA) is 250 Å². The number of ether oxygens (including phenoxy) is 1. The molecule has 8 rings (SSSR count). The van der Waals surface area contributed by atoms with Gasteiger partial charge >= 0.3 is 0 Å². The number of carbonyl (C=O) groups excluding carboxylic acids is 2. The van der Waals surface area contributed by atoms with Gasteiger partial charge < -0.3 is 44.6 Å². The molecule has 1 aromatic carbocycles. The number of benzene rings is 1. The van der Waals surface area contributed by atoms with Crippen molar-refractivity contribution < 1.29 is 28.5 Å². The SMILES string of the molecule is CC(C)C(C(=O)N1C[C@H](O)C[C@H]1C(=O)NCc1ccc(C#N)c(Cl)c1)c1cc(OCCCCN2CCCN(c3nccc(-c4noc([C@@]5(C)CCCc6sc(N)c(C#N)c65)n4)n3)[C@@H](C)C2)no1. The van der Waals surface area contributed by atoms with E-state index in [1.165, 1.54) is 16.2 Å². The lowest BCUT2D eigenvalue weighted by Crippen LogP contribution is -2.48. The number of nitrogens with one attached hydrogen (secondary N) is 1. The maximum Gasteiger partial charge on any atom is 0.254 e. The molecule has 0 saturated carbocycles. The van der Waals surface area contributed by atoms with Crippen molar-refractivity contribution in [2.75, 3.05) is 50.0 Å². The molecule has 4 N–H and O–H groups in total. The second kappa shape index (κ2) is 20.4. The van der Waals surface area contributed by atoms with Crippen LogP contribution >= 0.6 is 22.9 Å². The van der Waals surface area contributed by atoms with Gasteiger partial charge in [0.2, 0.25) is 29.5 Å². The van der Waals surface area contributed by atoms with Crippen molar-refractivity contribution >= 4 is 45.7 Å². The predicted octanol–water partition coefficient (Wildman–Crippen LogP) is 5.97. The third-order valence-corrected chi connectivity index (χ3v) is 14.4. The molecule has 6 heterocycles. The number of fused-ring (bicyclic) bond motifs is 1. The zero-order chi connectivity index (χ0) is 47.4. The number of carbonyl (C=O) groups is 2. The lowest BCUT2D eigenvalue weighted by Gasteiger charge is -2.30. The number of thiophene rings is 1. The number of hydrogen-bond acceptors (Lipinski definition) is 17. The summed E-state index contributed by atoms with van der Waals surface area (Å²) in [4.78, 5) is 49.0. The number of nitrogen functional groups attached to an aromatic ring is 1. The third-order valence-electron chi connectivity index (χ3n) is 13.1. The fourth-order valence-corrected chi connectivity index (χ4v) is 11.0. The highest BCUT2D eigenvalue weighted by molar-refractivity contribution is 7.16. The Bertz CT molecular complexity index is 2670. The van der Waals surface area contributed by atoms with Crippen LogP contribution in [-0.2, 0) is 28.0 Å². The lowest BCUT2D eigenvalue weighted by atomic mass is 9.72. The first-order valence-electron chi connectivity index (χ1n) is 22.8. The van der Waals surface area contributed by atoms with Gasteiger partial charge in [-0.15, -0.1) is 11.3 Å². The zero-order valence-electron chi connectivity index (χ0n) is 38.1.